The van der Waals surface area contributed by atoms with Gasteiger partial charge >= 0.3 is 0 Å². The highest BCUT2D eigenvalue weighted by molar-refractivity contribution is 5.79. The first kappa shape index (κ1) is 18.1. The van der Waals surface area contributed by atoms with Crippen molar-refractivity contribution in [2.45, 2.75) is 26.8 Å². The molecule has 26 heavy (non-hydrogen) atoms. The van der Waals surface area contributed by atoms with E-state index in [0.717, 1.165) is 29.9 Å². The molecule has 138 valence electrons. The normalized spacial score (nSPS) is 15.2. The number of aromatic nitrogens is 1. The van der Waals surface area contributed by atoms with Crippen LogP contribution < -0.4 is 0 Å². The molecular formula is C18H22N4O4. The molecule has 0 spiro atoms. The third kappa shape index (κ3) is 4.08. The largest absolute Gasteiger partial charge is 0.361 e. The van der Waals surface area contributed by atoms with Crippen LogP contribution in [0.4, 0.5) is 5.69 Å². The van der Waals surface area contributed by atoms with Crippen LogP contribution in [0.2, 0.25) is 0 Å². The summed E-state index contributed by atoms with van der Waals surface area (Å²) in [7, 11) is 0. The number of aryl methyl sites for hydroxylation is 2. The highest BCUT2D eigenvalue weighted by Gasteiger charge is 2.23. The topological polar surface area (TPSA) is 92.7 Å². The first-order valence-corrected chi connectivity index (χ1v) is 8.59. The first-order valence-electron chi connectivity index (χ1n) is 8.59. The van der Waals surface area contributed by atoms with Crippen molar-refractivity contribution in [1.29, 1.82) is 0 Å². The van der Waals surface area contributed by atoms with Gasteiger partial charge in [0.05, 0.1) is 17.0 Å². The Balaban J connectivity index is 1.53. The Morgan fingerprint density at radius 3 is 2.62 bits per heavy atom. The minimum Gasteiger partial charge on any atom is -0.361 e. The van der Waals surface area contributed by atoms with Gasteiger partial charge in [-0.05, 0) is 19.4 Å². The zero-order valence-electron chi connectivity index (χ0n) is 15.0. The fourth-order valence-electron chi connectivity index (χ4n) is 3.20. The average Bonchev–Trinajstić information content (AvgIpc) is 2.94. The molecule has 0 saturated carbocycles. The van der Waals surface area contributed by atoms with Crippen molar-refractivity contribution in [3.8, 4) is 0 Å². The van der Waals surface area contributed by atoms with Gasteiger partial charge in [-0.15, -0.1) is 0 Å². The van der Waals surface area contributed by atoms with Gasteiger partial charge in [0.2, 0.25) is 5.91 Å². The van der Waals surface area contributed by atoms with Crippen molar-refractivity contribution in [3.05, 3.63) is 57.0 Å². The minimum atomic E-state index is -0.380. The summed E-state index contributed by atoms with van der Waals surface area (Å²) >= 11 is 0. The third-order valence-corrected chi connectivity index (χ3v) is 4.76. The molecule has 1 aromatic carbocycles. The summed E-state index contributed by atoms with van der Waals surface area (Å²) in [5.74, 6) is 0.773. The molecule has 1 aliphatic heterocycles. The molecule has 8 heteroatoms. The predicted molar refractivity (Wildman–Crippen MR) is 94.6 cm³/mol. The minimum absolute atomic E-state index is 0.0781. The third-order valence-electron chi connectivity index (χ3n) is 4.76. The van der Waals surface area contributed by atoms with Crippen LogP contribution in [0, 0.1) is 24.0 Å². The molecule has 1 aliphatic rings. The quantitative estimate of drug-likeness (QED) is 0.600. The van der Waals surface area contributed by atoms with Gasteiger partial charge in [0.15, 0.2) is 0 Å². The number of nitrogens with zero attached hydrogens (tertiary/aromatic N) is 4. The SMILES string of the molecule is Cc1noc(C)c1CC(=O)N1CCN(Cc2cccc([N+](=O)[O-])c2)CC1. The van der Waals surface area contributed by atoms with E-state index >= 15 is 0 Å². The zero-order valence-corrected chi connectivity index (χ0v) is 15.0. The molecule has 0 bridgehead atoms. The van der Waals surface area contributed by atoms with Gasteiger partial charge in [-0.3, -0.25) is 19.8 Å². The van der Waals surface area contributed by atoms with Crippen LogP contribution in [0.3, 0.4) is 0 Å². The molecule has 0 radical (unpaired) electrons. The summed E-state index contributed by atoms with van der Waals surface area (Å²) in [6.07, 6.45) is 0.312. The Hall–Kier alpha value is -2.74. The zero-order chi connectivity index (χ0) is 18.7. The fourth-order valence-corrected chi connectivity index (χ4v) is 3.20. The molecule has 1 aromatic heterocycles. The van der Waals surface area contributed by atoms with E-state index < -0.39 is 0 Å². The average molecular weight is 358 g/mol. The van der Waals surface area contributed by atoms with Gasteiger partial charge in [0.25, 0.3) is 5.69 Å². The number of hydrogen-bond acceptors (Lipinski definition) is 6. The van der Waals surface area contributed by atoms with Crippen molar-refractivity contribution >= 4 is 11.6 Å². The lowest BCUT2D eigenvalue weighted by molar-refractivity contribution is -0.384. The number of nitro benzene ring substituents is 1. The molecule has 0 aliphatic carbocycles. The standard InChI is InChI=1S/C18H22N4O4/c1-13-17(14(2)26-19-13)11-18(23)21-8-6-20(7-9-21)12-15-4-3-5-16(10-15)22(24)25/h3-5,10H,6-9,11-12H2,1-2H3. The predicted octanol–water partition coefficient (Wildman–Crippen LogP) is 2.09. The molecule has 2 heterocycles. The maximum Gasteiger partial charge on any atom is 0.269 e. The highest BCUT2D eigenvalue weighted by Crippen LogP contribution is 2.17. The first-order chi connectivity index (χ1) is 12.4. The molecule has 2 aromatic rings. The molecule has 1 fully saturated rings. The van der Waals surface area contributed by atoms with E-state index in [1.54, 1.807) is 12.1 Å². The van der Waals surface area contributed by atoms with Gasteiger partial charge in [0, 0.05) is 50.4 Å². The Morgan fingerprint density at radius 2 is 2.00 bits per heavy atom. The Morgan fingerprint density at radius 1 is 1.27 bits per heavy atom. The van der Waals surface area contributed by atoms with E-state index in [1.165, 1.54) is 6.07 Å². The van der Waals surface area contributed by atoms with Crippen LogP contribution in [0.15, 0.2) is 28.8 Å². The molecule has 1 amide bonds. The summed E-state index contributed by atoms with van der Waals surface area (Å²) in [5, 5.41) is 14.8. The Bertz CT molecular complexity index is 790. The summed E-state index contributed by atoms with van der Waals surface area (Å²) in [6, 6.07) is 6.70. The number of carbonyl (C=O) groups excluding carboxylic acids is 1. The Labute approximate surface area is 151 Å². The highest BCUT2D eigenvalue weighted by atomic mass is 16.6. The monoisotopic (exact) mass is 358 g/mol. The van der Waals surface area contributed by atoms with Gasteiger partial charge in [-0.1, -0.05) is 17.3 Å². The lowest BCUT2D eigenvalue weighted by Gasteiger charge is -2.34. The van der Waals surface area contributed by atoms with E-state index in [9.17, 15) is 14.9 Å². The van der Waals surface area contributed by atoms with Crippen molar-refractivity contribution in [3.63, 3.8) is 0 Å². The lowest BCUT2D eigenvalue weighted by Crippen LogP contribution is -2.48. The summed E-state index contributed by atoms with van der Waals surface area (Å²) < 4.78 is 5.12. The van der Waals surface area contributed by atoms with Crippen LogP contribution >= 0.6 is 0 Å². The van der Waals surface area contributed by atoms with E-state index in [-0.39, 0.29) is 16.5 Å². The fraction of sp³-hybridized carbons (Fsp3) is 0.444. The molecule has 1 saturated heterocycles. The van der Waals surface area contributed by atoms with Crippen molar-refractivity contribution < 1.29 is 14.2 Å². The number of amides is 1. The second-order valence-corrected chi connectivity index (χ2v) is 6.56. The molecular weight excluding hydrogens is 336 g/mol. The van der Waals surface area contributed by atoms with Crippen LogP contribution in [-0.2, 0) is 17.8 Å². The van der Waals surface area contributed by atoms with Crippen molar-refractivity contribution in [1.82, 2.24) is 15.0 Å². The number of hydrogen-bond donors (Lipinski definition) is 0. The number of benzene rings is 1. The van der Waals surface area contributed by atoms with Crippen LogP contribution in [0.25, 0.3) is 0 Å². The van der Waals surface area contributed by atoms with E-state index in [1.807, 2.05) is 24.8 Å². The smallest absolute Gasteiger partial charge is 0.269 e. The van der Waals surface area contributed by atoms with Gasteiger partial charge in [-0.25, -0.2) is 0 Å². The van der Waals surface area contributed by atoms with Crippen molar-refractivity contribution in [2.24, 2.45) is 0 Å². The molecule has 3 rings (SSSR count). The van der Waals surface area contributed by atoms with Gasteiger partial charge < -0.3 is 9.42 Å². The van der Waals surface area contributed by atoms with Crippen LogP contribution in [0.5, 0.6) is 0 Å². The number of piperazine rings is 1. The second-order valence-electron chi connectivity index (χ2n) is 6.56. The van der Waals surface area contributed by atoms with E-state index in [4.69, 9.17) is 4.52 Å². The Kier molecular flexibility index (Phi) is 5.32. The maximum atomic E-state index is 12.5. The van der Waals surface area contributed by atoms with Gasteiger partial charge in [0.1, 0.15) is 5.76 Å². The number of nitro groups is 1. The van der Waals surface area contributed by atoms with Crippen LogP contribution in [-0.4, -0.2) is 52.0 Å². The van der Waals surface area contributed by atoms with E-state index in [0.29, 0.717) is 31.8 Å². The summed E-state index contributed by atoms with van der Waals surface area (Å²) in [4.78, 5) is 27.1. The van der Waals surface area contributed by atoms with E-state index in [2.05, 4.69) is 10.1 Å². The number of non-ortho nitro benzene ring substituents is 1. The number of rotatable bonds is 5. The van der Waals surface area contributed by atoms with Crippen LogP contribution in [0.1, 0.15) is 22.6 Å². The molecule has 0 unspecified atom stereocenters. The number of carbonyl (C=O) groups is 1. The molecule has 0 atom stereocenters. The van der Waals surface area contributed by atoms with Crippen molar-refractivity contribution in [2.75, 3.05) is 26.2 Å². The second kappa shape index (κ2) is 7.65. The lowest BCUT2D eigenvalue weighted by atomic mass is 10.1. The summed E-state index contributed by atoms with van der Waals surface area (Å²) in [5.41, 5.74) is 2.65. The van der Waals surface area contributed by atoms with Gasteiger partial charge in [-0.2, -0.15) is 0 Å². The molecule has 0 N–H and O–H groups in total. The summed E-state index contributed by atoms with van der Waals surface area (Å²) in [6.45, 7) is 7.10. The molecule has 8 nitrogen and oxygen atoms in total. The maximum absolute atomic E-state index is 12.5.